The highest BCUT2D eigenvalue weighted by atomic mass is 32.1. The van der Waals surface area contributed by atoms with Crippen molar-refractivity contribution in [2.24, 2.45) is 0 Å². The number of carbonyl (C=O) groups excluding carboxylic acids is 1. The molecule has 3 rings (SSSR count). The Kier molecular flexibility index (Phi) is 5.24. The molecule has 0 spiro atoms. The van der Waals surface area contributed by atoms with E-state index in [0.717, 1.165) is 65.6 Å². The Morgan fingerprint density at radius 3 is 2.36 bits per heavy atom. The van der Waals surface area contributed by atoms with Gasteiger partial charge < -0.3 is 15.4 Å². The van der Waals surface area contributed by atoms with E-state index in [9.17, 15) is 4.79 Å². The number of rotatable bonds is 4. The van der Waals surface area contributed by atoms with Crippen LogP contribution in [0.1, 0.15) is 10.5 Å². The highest BCUT2D eigenvalue weighted by molar-refractivity contribution is 7.13. The van der Waals surface area contributed by atoms with Crippen LogP contribution in [0, 0.1) is 0 Å². The largest absolute Gasteiger partial charge is 0.379 e. The zero-order valence-electron chi connectivity index (χ0n) is 12.7. The van der Waals surface area contributed by atoms with Gasteiger partial charge in [-0.3, -0.25) is 14.6 Å². The van der Waals surface area contributed by atoms with Crippen LogP contribution in [0.15, 0.2) is 5.38 Å². The molecule has 2 aliphatic rings. The predicted octanol–water partition coefficient (Wildman–Crippen LogP) is -0.185. The molecule has 1 aromatic heterocycles. The van der Waals surface area contributed by atoms with Crippen LogP contribution < -0.4 is 5.73 Å². The molecule has 0 atom stereocenters. The number of nitrogen functional groups attached to an aromatic ring is 1. The smallest absolute Gasteiger partial charge is 0.273 e. The molecule has 2 saturated heterocycles. The van der Waals surface area contributed by atoms with E-state index < -0.39 is 0 Å². The minimum absolute atomic E-state index is 0.000722. The number of hydrogen-bond acceptors (Lipinski definition) is 7. The number of morpholine rings is 1. The monoisotopic (exact) mass is 325 g/mol. The van der Waals surface area contributed by atoms with Crippen molar-refractivity contribution in [2.45, 2.75) is 0 Å². The third-order valence-electron chi connectivity index (χ3n) is 4.24. The summed E-state index contributed by atoms with van der Waals surface area (Å²) in [5.74, 6) is 0.000722. The zero-order valence-corrected chi connectivity index (χ0v) is 13.6. The number of aromatic nitrogens is 1. The lowest BCUT2D eigenvalue weighted by Gasteiger charge is -2.36. The molecular weight excluding hydrogens is 302 g/mol. The summed E-state index contributed by atoms with van der Waals surface area (Å²) in [6.45, 7) is 9.28. The van der Waals surface area contributed by atoms with Gasteiger partial charge in [0.2, 0.25) is 0 Å². The molecule has 0 aliphatic carbocycles. The van der Waals surface area contributed by atoms with Gasteiger partial charge in [-0.2, -0.15) is 0 Å². The maximum Gasteiger partial charge on any atom is 0.273 e. The Balaban J connectivity index is 1.41. The molecule has 2 aliphatic heterocycles. The van der Waals surface area contributed by atoms with Crippen LogP contribution >= 0.6 is 11.3 Å². The summed E-state index contributed by atoms with van der Waals surface area (Å²) >= 11 is 1.31. The lowest BCUT2D eigenvalue weighted by atomic mass is 10.2. The fourth-order valence-electron chi connectivity index (χ4n) is 2.83. The van der Waals surface area contributed by atoms with Crippen molar-refractivity contribution in [1.82, 2.24) is 19.7 Å². The maximum absolute atomic E-state index is 12.3. The van der Waals surface area contributed by atoms with Gasteiger partial charge in [0.1, 0.15) is 5.69 Å². The van der Waals surface area contributed by atoms with Crippen molar-refractivity contribution in [3.05, 3.63) is 11.1 Å². The molecule has 3 heterocycles. The molecular formula is C14H23N5O2S. The van der Waals surface area contributed by atoms with Gasteiger partial charge in [0.25, 0.3) is 5.91 Å². The number of piperazine rings is 1. The van der Waals surface area contributed by atoms with Crippen LogP contribution in [0.4, 0.5) is 5.13 Å². The fraction of sp³-hybridized carbons (Fsp3) is 0.714. The lowest BCUT2D eigenvalue weighted by molar-refractivity contribution is 0.0293. The predicted molar refractivity (Wildman–Crippen MR) is 86.1 cm³/mol. The van der Waals surface area contributed by atoms with E-state index in [-0.39, 0.29) is 5.91 Å². The van der Waals surface area contributed by atoms with Crippen LogP contribution in [0.2, 0.25) is 0 Å². The second kappa shape index (κ2) is 7.36. The van der Waals surface area contributed by atoms with E-state index in [1.165, 1.54) is 11.3 Å². The number of hydrogen-bond donors (Lipinski definition) is 1. The summed E-state index contributed by atoms with van der Waals surface area (Å²) in [6, 6.07) is 0. The molecule has 2 N–H and O–H groups in total. The number of ether oxygens (including phenoxy) is 1. The highest BCUT2D eigenvalue weighted by Crippen LogP contribution is 2.14. The summed E-state index contributed by atoms with van der Waals surface area (Å²) in [7, 11) is 0. The molecule has 1 amide bonds. The highest BCUT2D eigenvalue weighted by Gasteiger charge is 2.24. The molecule has 122 valence electrons. The Bertz CT molecular complexity index is 495. The first-order chi connectivity index (χ1) is 10.7. The third kappa shape index (κ3) is 3.95. The Labute approximate surface area is 134 Å². The molecule has 0 aromatic carbocycles. The minimum atomic E-state index is 0.000722. The zero-order chi connectivity index (χ0) is 15.4. The molecule has 7 nitrogen and oxygen atoms in total. The molecule has 1 aromatic rings. The summed E-state index contributed by atoms with van der Waals surface area (Å²) in [4.78, 5) is 23.1. The van der Waals surface area contributed by atoms with Gasteiger partial charge in [0.05, 0.1) is 13.2 Å². The molecule has 0 unspecified atom stereocenters. The van der Waals surface area contributed by atoms with Crippen molar-refractivity contribution >= 4 is 22.4 Å². The van der Waals surface area contributed by atoms with Crippen molar-refractivity contribution in [1.29, 1.82) is 0 Å². The topological polar surface area (TPSA) is 74.9 Å². The quantitative estimate of drug-likeness (QED) is 0.827. The average Bonchev–Trinajstić information content (AvgIpc) is 3.00. The molecule has 0 saturated carbocycles. The van der Waals surface area contributed by atoms with E-state index >= 15 is 0 Å². The van der Waals surface area contributed by atoms with Crippen molar-refractivity contribution in [3.63, 3.8) is 0 Å². The van der Waals surface area contributed by atoms with E-state index in [2.05, 4.69) is 14.8 Å². The number of nitrogens with zero attached hydrogens (tertiary/aromatic N) is 4. The van der Waals surface area contributed by atoms with Gasteiger partial charge in [0.15, 0.2) is 5.13 Å². The van der Waals surface area contributed by atoms with Gasteiger partial charge in [-0.1, -0.05) is 0 Å². The summed E-state index contributed by atoms with van der Waals surface area (Å²) in [6.07, 6.45) is 0. The van der Waals surface area contributed by atoms with E-state index in [4.69, 9.17) is 10.5 Å². The second-order valence-electron chi connectivity index (χ2n) is 5.66. The number of thiazole rings is 1. The van der Waals surface area contributed by atoms with Crippen molar-refractivity contribution < 1.29 is 9.53 Å². The molecule has 22 heavy (non-hydrogen) atoms. The summed E-state index contributed by atoms with van der Waals surface area (Å²) in [5.41, 5.74) is 6.07. The van der Waals surface area contributed by atoms with Crippen LogP contribution in [-0.2, 0) is 4.74 Å². The number of amides is 1. The summed E-state index contributed by atoms with van der Waals surface area (Å²) < 4.78 is 5.36. The van der Waals surface area contributed by atoms with Gasteiger partial charge >= 0.3 is 0 Å². The fourth-order valence-corrected chi connectivity index (χ4v) is 3.37. The standard InChI is InChI=1S/C14H23N5O2S/c15-14-16-12(11-22-14)13(20)19-5-3-17(4-6-19)1-2-18-7-9-21-10-8-18/h11H,1-10H2,(H2,15,16). The van der Waals surface area contributed by atoms with Gasteiger partial charge in [-0.15, -0.1) is 11.3 Å². The first kappa shape index (κ1) is 15.7. The minimum Gasteiger partial charge on any atom is -0.379 e. The van der Waals surface area contributed by atoms with E-state index in [1.54, 1.807) is 5.38 Å². The van der Waals surface area contributed by atoms with Gasteiger partial charge in [-0.05, 0) is 0 Å². The second-order valence-corrected chi connectivity index (χ2v) is 6.55. The van der Waals surface area contributed by atoms with Gasteiger partial charge in [0, 0.05) is 57.7 Å². The number of nitrogens with two attached hydrogens (primary N) is 1. The Hall–Kier alpha value is -1.22. The van der Waals surface area contributed by atoms with E-state index in [1.807, 2.05) is 4.90 Å². The molecule has 2 fully saturated rings. The Morgan fingerprint density at radius 1 is 1.14 bits per heavy atom. The van der Waals surface area contributed by atoms with Crippen LogP contribution in [0.5, 0.6) is 0 Å². The van der Waals surface area contributed by atoms with Crippen LogP contribution in [0.3, 0.4) is 0 Å². The van der Waals surface area contributed by atoms with Crippen LogP contribution in [0.25, 0.3) is 0 Å². The summed E-state index contributed by atoms with van der Waals surface area (Å²) in [5, 5.41) is 2.19. The van der Waals surface area contributed by atoms with Crippen molar-refractivity contribution in [2.75, 3.05) is 71.3 Å². The maximum atomic E-state index is 12.3. The normalized spacial score (nSPS) is 21.2. The lowest BCUT2D eigenvalue weighted by Crippen LogP contribution is -2.51. The first-order valence-electron chi connectivity index (χ1n) is 7.75. The number of carbonyl (C=O) groups is 1. The SMILES string of the molecule is Nc1nc(C(=O)N2CCN(CCN3CCOCC3)CC2)cs1. The first-order valence-corrected chi connectivity index (χ1v) is 8.63. The average molecular weight is 325 g/mol. The number of anilines is 1. The Morgan fingerprint density at radius 2 is 1.77 bits per heavy atom. The molecule has 8 heteroatoms. The van der Waals surface area contributed by atoms with Gasteiger partial charge in [-0.25, -0.2) is 4.98 Å². The van der Waals surface area contributed by atoms with Crippen molar-refractivity contribution in [3.8, 4) is 0 Å². The van der Waals surface area contributed by atoms with E-state index in [0.29, 0.717) is 10.8 Å². The third-order valence-corrected chi connectivity index (χ3v) is 4.91. The molecule has 0 bridgehead atoms. The molecule has 0 radical (unpaired) electrons. The van der Waals surface area contributed by atoms with Crippen LogP contribution in [-0.4, -0.2) is 91.2 Å².